The van der Waals surface area contributed by atoms with Crippen LogP contribution >= 0.6 is 11.6 Å². The molecule has 0 bridgehead atoms. The fourth-order valence-electron chi connectivity index (χ4n) is 2.33. The van der Waals surface area contributed by atoms with Crippen LogP contribution in [0.15, 0.2) is 34.1 Å². The van der Waals surface area contributed by atoms with Gasteiger partial charge in [-0.1, -0.05) is 11.6 Å². The molecule has 2 heterocycles. The van der Waals surface area contributed by atoms with E-state index in [4.69, 9.17) is 11.6 Å². The Labute approximate surface area is 148 Å². The van der Waals surface area contributed by atoms with Crippen molar-refractivity contribution >= 4 is 11.6 Å². The molecule has 2 aromatic heterocycles. The van der Waals surface area contributed by atoms with Crippen molar-refractivity contribution in [3.8, 4) is 0 Å². The summed E-state index contributed by atoms with van der Waals surface area (Å²) >= 11 is 5.91. The third kappa shape index (κ3) is 3.40. The molecule has 3 rings (SSSR count). The predicted octanol–water partition coefficient (Wildman–Crippen LogP) is 1.31. The summed E-state index contributed by atoms with van der Waals surface area (Å²) in [5.74, 6) is -3.46. The number of halogens is 4. The Morgan fingerprint density at radius 3 is 2.35 bits per heavy atom. The number of rotatable bonds is 4. The molecule has 26 heavy (non-hydrogen) atoms. The summed E-state index contributed by atoms with van der Waals surface area (Å²) in [7, 11) is 1.62. The summed E-state index contributed by atoms with van der Waals surface area (Å²) in [6.07, 6.45) is 1.39. The Morgan fingerprint density at radius 1 is 1.00 bits per heavy atom. The molecule has 136 valence electrons. The first kappa shape index (κ1) is 17.9. The Kier molecular flexibility index (Phi) is 4.68. The van der Waals surface area contributed by atoms with Crippen LogP contribution in [0.3, 0.4) is 0 Å². The standard InChI is InChI=1S/C15H11ClF3N5O2/c1-22-7-20-13(21-22)6-24-14(25)4-12(16)23(15(24)26)5-8-2-10(18)11(19)3-9(8)17/h2-4,7H,5-6H2,1H3. The summed E-state index contributed by atoms with van der Waals surface area (Å²) in [5, 5.41) is 3.70. The molecule has 0 radical (unpaired) electrons. The van der Waals surface area contributed by atoms with Crippen molar-refractivity contribution in [2.75, 3.05) is 0 Å². The third-order valence-corrected chi connectivity index (χ3v) is 3.91. The molecule has 0 aliphatic heterocycles. The molecule has 1 aromatic carbocycles. The lowest BCUT2D eigenvalue weighted by Gasteiger charge is -2.12. The van der Waals surface area contributed by atoms with Gasteiger partial charge in [-0.05, 0) is 6.07 Å². The number of nitrogens with zero attached hydrogens (tertiary/aromatic N) is 5. The molecule has 0 amide bonds. The molecule has 0 unspecified atom stereocenters. The first-order valence-corrected chi connectivity index (χ1v) is 7.62. The molecule has 0 spiro atoms. The van der Waals surface area contributed by atoms with Gasteiger partial charge in [-0.25, -0.2) is 22.9 Å². The lowest BCUT2D eigenvalue weighted by Crippen LogP contribution is -2.40. The second-order valence-corrected chi connectivity index (χ2v) is 5.84. The van der Waals surface area contributed by atoms with Crippen molar-refractivity contribution in [2.45, 2.75) is 13.1 Å². The second kappa shape index (κ2) is 6.79. The maximum absolute atomic E-state index is 13.9. The van der Waals surface area contributed by atoms with Crippen LogP contribution < -0.4 is 11.2 Å². The van der Waals surface area contributed by atoms with Gasteiger partial charge in [0.05, 0.1) is 13.1 Å². The molecule has 0 N–H and O–H groups in total. The Bertz CT molecular complexity index is 1110. The van der Waals surface area contributed by atoms with E-state index in [-0.39, 0.29) is 23.1 Å². The fraction of sp³-hybridized carbons (Fsp3) is 0.200. The summed E-state index contributed by atoms with van der Waals surface area (Å²) in [6, 6.07) is 1.96. The summed E-state index contributed by atoms with van der Waals surface area (Å²) in [4.78, 5) is 28.6. The summed E-state index contributed by atoms with van der Waals surface area (Å²) < 4.78 is 43.3. The van der Waals surface area contributed by atoms with Gasteiger partial charge in [-0.2, -0.15) is 5.10 Å². The van der Waals surface area contributed by atoms with Gasteiger partial charge in [-0.15, -0.1) is 0 Å². The number of aryl methyl sites for hydroxylation is 1. The molecule has 0 aliphatic carbocycles. The van der Waals surface area contributed by atoms with Gasteiger partial charge in [0, 0.05) is 24.7 Å². The van der Waals surface area contributed by atoms with Crippen LogP contribution in [0.2, 0.25) is 5.15 Å². The minimum atomic E-state index is -1.35. The fourth-order valence-corrected chi connectivity index (χ4v) is 2.56. The lowest BCUT2D eigenvalue weighted by atomic mass is 10.2. The van der Waals surface area contributed by atoms with Crippen LogP contribution in [-0.4, -0.2) is 23.9 Å². The largest absolute Gasteiger partial charge is 0.332 e. The highest BCUT2D eigenvalue weighted by Crippen LogP contribution is 2.16. The number of benzene rings is 1. The molecule has 7 nitrogen and oxygen atoms in total. The Hall–Kier alpha value is -2.88. The van der Waals surface area contributed by atoms with E-state index in [9.17, 15) is 22.8 Å². The first-order chi connectivity index (χ1) is 12.3. The van der Waals surface area contributed by atoms with E-state index >= 15 is 0 Å². The van der Waals surface area contributed by atoms with Gasteiger partial charge in [0.2, 0.25) is 0 Å². The van der Waals surface area contributed by atoms with Crippen molar-refractivity contribution in [3.63, 3.8) is 0 Å². The summed E-state index contributed by atoms with van der Waals surface area (Å²) in [5.41, 5.74) is -1.86. The highest BCUT2D eigenvalue weighted by molar-refractivity contribution is 6.29. The Balaban J connectivity index is 2.05. The molecule has 3 aromatic rings. The van der Waals surface area contributed by atoms with Gasteiger partial charge in [0.1, 0.15) is 17.3 Å². The first-order valence-electron chi connectivity index (χ1n) is 7.24. The molecular weight excluding hydrogens is 375 g/mol. The van der Waals surface area contributed by atoms with E-state index in [0.29, 0.717) is 12.1 Å². The van der Waals surface area contributed by atoms with Crippen LogP contribution in [0, 0.1) is 17.5 Å². The molecule has 0 saturated heterocycles. The van der Waals surface area contributed by atoms with Gasteiger partial charge < -0.3 is 0 Å². The normalized spacial score (nSPS) is 11.1. The van der Waals surface area contributed by atoms with E-state index in [2.05, 4.69) is 10.1 Å². The van der Waals surface area contributed by atoms with Gasteiger partial charge in [0.15, 0.2) is 17.5 Å². The molecule has 11 heteroatoms. The second-order valence-electron chi connectivity index (χ2n) is 5.45. The number of hydrogen-bond donors (Lipinski definition) is 0. The number of hydrogen-bond acceptors (Lipinski definition) is 4. The van der Waals surface area contributed by atoms with Gasteiger partial charge in [-0.3, -0.25) is 18.6 Å². The topological polar surface area (TPSA) is 74.7 Å². The van der Waals surface area contributed by atoms with Crippen molar-refractivity contribution in [3.05, 3.63) is 79.4 Å². The Morgan fingerprint density at radius 2 is 1.69 bits per heavy atom. The van der Waals surface area contributed by atoms with E-state index < -0.39 is 35.2 Å². The number of aromatic nitrogens is 5. The van der Waals surface area contributed by atoms with Crippen LogP contribution in [0.4, 0.5) is 13.2 Å². The van der Waals surface area contributed by atoms with Gasteiger partial charge in [0.25, 0.3) is 5.56 Å². The van der Waals surface area contributed by atoms with Crippen LogP contribution in [0.25, 0.3) is 0 Å². The highest BCUT2D eigenvalue weighted by Gasteiger charge is 2.16. The predicted molar refractivity (Wildman–Crippen MR) is 85.5 cm³/mol. The van der Waals surface area contributed by atoms with E-state index in [1.165, 1.54) is 11.0 Å². The van der Waals surface area contributed by atoms with Crippen molar-refractivity contribution in [1.82, 2.24) is 23.9 Å². The molecule has 0 fully saturated rings. The van der Waals surface area contributed by atoms with Crippen molar-refractivity contribution < 1.29 is 13.2 Å². The zero-order valence-electron chi connectivity index (χ0n) is 13.3. The SMILES string of the molecule is Cn1cnc(Cn2c(=O)cc(Cl)n(Cc3cc(F)c(F)cc3F)c2=O)n1. The van der Waals surface area contributed by atoms with Crippen LogP contribution in [0.1, 0.15) is 11.4 Å². The zero-order chi connectivity index (χ0) is 19.0. The highest BCUT2D eigenvalue weighted by atomic mass is 35.5. The van der Waals surface area contributed by atoms with Crippen molar-refractivity contribution in [1.29, 1.82) is 0 Å². The smallest absolute Gasteiger partial charge is 0.279 e. The average Bonchev–Trinajstić information content (AvgIpc) is 2.97. The minimum Gasteiger partial charge on any atom is -0.279 e. The van der Waals surface area contributed by atoms with E-state index in [0.717, 1.165) is 15.2 Å². The minimum absolute atomic E-state index is 0.208. The zero-order valence-corrected chi connectivity index (χ0v) is 14.0. The lowest BCUT2D eigenvalue weighted by molar-refractivity contribution is 0.486. The van der Waals surface area contributed by atoms with Crippen molar-refractivity contribution in [2.24, 2.45) is 7.05 Å². The average molecular weight is 386 g/mol. The van der Waals surface area contributed by atoms with Gasteiger partial charge >= 0.3 is 5.69 Å². The molecule has 0 aliphatic rings. The molecule has 0 atom stereocenters. The molecular formula is C15H11ClF3N5O2. The van der Waals surface area contributed by atoms with E-state index in [1.807, 2.05) is 0 Å². The third-order valence-electron chi connectivity index (χ3n) is 3.59. The monoisotopic (exact) mass is 385 g/mol. The quantitative estimate of drug-likeness (QED) is 0.501. The van der Waals surface area contributed by atoms with Crippen LogP contribution in [0.5, 0.6) is 0 Å². The summed E-state index contributed by atoms with van der Waals surface area (Å²) in [6.45, 7) is -0.716. The molecule has 0 saturated carbocycles. The van der Waals surface area contributed by atoms with Crippen LogP contribution in [-0.2, 0) is 20.1 Å². The van der Waals surface area contributed by atoms with E-state index in [1.54, 1.807) is 7.05 Å². The maximum atomic E-state index is 13.9. The maximum Gasteiger partial charge on any atom is 0.332 e.